The third-order valence-corrected chi connectivity index (χ3v) is 5.22. The fourth-order valence-corrected chi connectivity index (χ4v) is 3.83. The van der Waals surface area contributed by atoms with Crippen molar-refractivity contribution in [3.63, 3.8) is 0 Å². The smallest absolute Gasteiger partial charge is 0.0827 e. The highest BCUT2D eigenvalue weighted by atomic mass is 16.5. The maximum atomic E-state index is 6.26. The maximum Gasteiger partial charge on any atom is 0.0827 e. The van der Waals surface area contributed by atoms with E-state index in [0.29, 0.717) is 18.2 Å². The van der Waals surface area contributed by atoms with Crippen LogP contribution in [0.15, 0.2) is 0 Å². The zero-order chi connectivity index (χ0) is 14.8. The Morgan fingerprint density at radius 3 is 2.19 bits per heavy atom. The van der Waals surface area contributed by atoms with Crippen molar-refractivity contribution in [2.45, 2.75) is 83.5 Å². The minimum atomic E-state index is 0.502. The Morgan fingerprint density at radius 1 is 1.00 bits per heavy atom. The number of nitrogens with zero attached hydrogens (tertiary/aromatic N) is 2. The zero-order valence-corrected chi connectivity index (χ0v) is 13.7. The van der Waals surface area contributed by atoms with Gasteiger partial charge in [-0.2, -0.15) is 5.10 Å². The molecule has 118 valence electrons. The Balaban J connectivity index is 1.49. The number of nitrogens with one attached hydrogen (secondary N) is 1. The van der Waals surface area contributed by atoms with Gasteiger partial charge < -0.3 is 10.1 Å². The van der Waals surface area contributed by atoms with Crippen molar-refractivity contribution >= 4 is 5.69 Å². The van der Waals surface area contributed by atoms with Crippen molar-refractivity contribution < 1.29 is 4.74 Å². The number of rotatable bonds is 4. The molecule has 0 bridgehead atoms. The Kier molecular flexibility index (Phi) is 4.53. The van der Waals surface area contributed by atoms with Crippen LogP contribution in [0.5, 0.6) is 0 Å². The lowest BCUT2D eigenvalue weighted by atomic mass is 9.92. The molecule has 4 nitrogen and oxygen atoms in total. The van der Waals surface area contributed by atoms with Gasteiger partial charge in [0.1, 0.15) is 0 Å². The summed E-state index contributed by atoms with van der Waals surface area (Å²) in [6.07, 6.45) is 11.2. The molecule has 0 spiro atoms. The van der Waals surface area contributed by atoms with Gasteiger partial charge in [0.05, 0.1) is 29.3 Å². The third-order valence-electron chi connectivity index (χ3n) is 5.22. The van der Waals surface area contributed by atoms with Gasteiger partial charge in [0.25, 0.3) is 0 Å². The molecule has 2 aliphatic carbocycles. The van der Waals surface area contributed by atoms with E-state index in [0.717, 1.165) is 5.69 Å². The lowest BCUT2D eigenvalue weighted by Gasteiger charge is -2.31. The summed E-state index contributed by atoms with van der Waals surface area (Å²) in [7, 11) is 2.01. The topological polar surface area (TPSA) is 39.1 Å². The molecule has 21 heavy (non-hydrogen) atoms. The highest BCUT2D eigenvalue weighted by molar-refractivity contribution is 5.52. The highest BCUT2D eigenvalue weighted by Gasteiger charge is 2.26. The standard InChI is InChI=1S/C17H29N3O/c1-12-17(13(2)20(3)19-12)18-14-8-10-16(11-9-14)21-15-6-4-5-7-15/h14-16,18H,4-11H2,1-3H3. The zero-order valence-electron chi connectivity index (χ0n) is 13.7. The first-order valence-corrected chi connectivity index (χ1v) is 8.55. The number of hydrogen-bond acceptors (Lipinski definition) is 3. The second kappa shape index (κ2) is 6.39. The molecule has 4 heteroatoms. The number of hydrogen-bond donors (Lipinski definition) is 1. The summed E-state index contributed by atoms with van der Waals surface area (Å²) >= 11 is 0. The Bertz CT molecular complexity index is 469. The van der Waals surface area contributed by atoms with E-state index < -0.39 is 0 Å². The average molecular weight is 291 g/mol. The van der Waals surface area contributed by atoms with E-state index >= 15 is 0 Å². The molecule has 0 atom stereocenters. The molecule has 0 amide bonds. The summed E-state index contributed by atoms with van der Waals surface area (Å²) in [6, 6.07) is 0.579. The van der Waals surface area contributed by atoms with Gasteiger partial charge in [0.2, 0.25) is 0 Å². The SMILES string of the molecule is Cc1nn(C)c(C)c1NC1CCC(OC2CCCC2)CC1. The van der Waals surface area contributed by atoms with Gasteiger partial charge in [0.15, 0.2) is 0 Å². The van der Waals surface area contributed by atoms with Gasteiger partial charge in [-0.25, -0.2) is 0 Å². The summed E-state index contributed by atoms with van der Waals surface area (Å²) in [5.41, 5.74) is 3.58. The monoisotopic (exact) mass is 291 g/mol. The molecule has 2 saturated carbocycles. The molecule has 2 fully saturated rings. The maximum absolute atomic E-state index is 6.26. The predicted molar refractivity (Wildman–Crippen MR) is 85.7 cm³/mol. The largest absolute Gasteiger partial charge is 0.379 e. The summed E-state index contributed by atoms with van der Waals surface area (Å²) in [5.74, 6) is 0. The molecule has 1 heterocycles. The lowest BCUT2D eigenvalue weighted by molar-refractivity contribution is -0.0271. The second-order valence-corrected chi connectivity index (χ2v) is 6.83. The molecule has 1 aromatic heterocycles. The van der Waals surface area contributed by atoms with Crippen molar-refractivity contribution in [3.05, 3.63) is 11.4 Å². The molecule has 0 unspecified atom stereocenters. The van der Waals surface area contributed by atoms with Crippen LogP contribution in [0.2, 0.25) is 0 Å². The number of ether oxygens (including phenoxy) is 1. The van der Waals surface area contributed by atoms with Crippen LogP contribution in [0.4, 0.5) is 5.69 Å². The average Bonchev–Trinajstić information content (AvgIpc) is 3.05. The molecule has 0 saturated heterocycles. The van der Waals surface area contributed by atoms with Crippen LogP contribution in [0.3, 0.4) is 0 Å². The summed E-state index contributed by atoms with van der Waals surface area (Å²) < 4.78 is 8.22. The quantitative estimate of drug-likeness (QED) is 0.919. The number of anilines is 1. The van der Waals surface area contributed by atoms with Crippen LogP contribution in [-0.2, 0) is 11.8 Å². The normalized spacial score (nSPS) is 27.2. The van der Waals surface area contributed by atoms with Crippen LogP contribution in [0, 0.1) is 13.8 Å². The van der Waals surface area contributed by atoms with Gasteiger partial charge >= 0.3 is 0 Å². The molecule has 0 aromatic carbocycles. The minimum Gasteiger partial charge on any atom is -0.379 e. The third kappa shape index (κ3) is 3.42. The second-order valence-electron chi connectivity index (χ2n) is 6.83. The lowest BCUT2D eigenvalue weighted by Crippen LogP contribution is -2.31. The highest BCUT2D eigenvalue weighted by Crippen LogP contribution is 2.30. The van der Waals surface area contributed by atoms with Crippen molar-refractivity contribution in [1.82, 2.24) is 9.78 Å². The fraction of sp³-hybridized carbons (Fsp3) is 0.824. The van der Waals surface area contributed by atoms with Gasteiger partial charge in [-0.3, -0.25) is 4.68 Å². The summed E-state index contributed by atoms with van der Waals surface area (Å²) in [6.45, 7) is 4.22. The van der Waals surface area contributed by atoms with Crippen molar-refractivity contribution in [2.24, 2.45) is 7.05 Å². The molecule has 1 N–H and O–H groups in total. The van der Waals surface area contributed by atoms with Crippen LogP contribution in [-0.4, -0.2) is 28.0 Å². The van der Waals surface area contributed by atoms with Gasteiger partial charge in [-0.05, 0) is 52.4 Å². The molecule has 0 radical (unpaired) electrons. The van der Waals surface area contributed by atoms with E-state index in [1.807, 2.05) is 11.7 Å². The molecule has 2 aliphatic rings. The Hall–Kier alpha value is -1.03. The first-order chi connectivity index (χ1) is 10.1. The van der Waals surface area contributed by atoms with Crippen LogP contribution in [0.25, 0.3) is 0 Å². The first kappa shape index (κ1) is 14.9. The van der Waals surface area contributed by atoms with E-state index in [9.17, 15) is 0 Å². The van der Waals surface area contributed by atoms with E-state index in [-0.39, 0.29) is 0 Å². The molecular weight excluding hydrogens is 262 g/mol. The number of aromatic nitrogens is 2. The van der Waals surface area contributed by atoms with E-state index in [1.54, 1.807) is 0 Å². The van der Waals surface area contributed by atoms with Crippen molar-refractivity contribution in [2.75, 3.05) is 5.32 Å². The Labute approximate surface area is 128 Å². The Morgan fingerprint density at radius 2 is 1.62 bits per heavy atom. The summed E-state index contributed by atoms with van der Waals surface area (Å²) in [4.78, 5) is 0. The van der Waals surface area contributed by atoms with E-state index in [2.05, 4.69) is 24.3 Å². The predicted octanol–water partition coefficient (Wildman–Crippen LogP) is 3.72. The van der Waals surface area contributed by atoms with Crippen molar-refractivity contribution in [1.29, 1.82) is 0 Å². The molecule has 1 aromatic rings. The minimum absolute atomic E-state index is 0.502. The van der Waals surface area contributed by atoms with Crippen LogP contribution in [0.1, 0.15) is 62.8 Å². The van der Waals surface area contributed by atoms with Crippen LogP contribution >= 0.6 is 0 Å². The van der Waals surface area contributed by atoms with Gasteiger partial charge in [-0.1, -0.05) is 12.8 Å². The van der Waals surface area contributed by atoms with Gasteiger partial charge in [-0.15, -0.1) is 0 Å². The molecule has 3 rings (SSSR count). The molecular formula is C17H29N3O. The van der Waals surface area contributed by atoms with Crippen LogP contribution < -0.4 is 5.32 Å². The van der Waals surface area contributed by atoms with E-state index in [4.69, 9.17) is 4.74 Å². The summed E-state index contributed by atoms with van der Waals surface area (Å²) in [5, 5.41) is 8.20. The first-order valence-electron chi connectivity index (χ1n) is 8.55. The molecule has 0 aliphatic heterocycles. The number of aryl methyl sites for hydroxylation is 2. The fourth-order valence-electron chi connectivity index (χ4n) is 3.83. The van der Waals surface area contributed by atoms with Crippen molar-refractivity contribution in [3.8, 4) is 0 Å². The van der Waals surface area contributed by atoms with Gasteiger partial charge in [0, 0.05) is 13.1 Å². The van der Waals surface area contributed by atoms with E-state index in [1.165, 1.54) is 62.7 Å².